The molecule has 0 aliphatic carbocycles. The van der Waals surface area contributed by atoms with Crippen LogP contribution in [0, 0.1) is 5.82 Å². The third-order valence-electron chi connectivity index (χ3n) is 3.67. The van der Waals surface area contributed by atoms with E-state index in [4.69, 9.17) is 9.47 Å². The van der Waals surface area contributed by atoms with Gasteiger partial charge in [0, 0.05) is 5.56 Å². The smallest absolute Gasteiger partial charge is 0.243 e. The molecule has 1 heterocycles. The van der Waals surface area contributed by atoms with E-state index >= 15 is 0 Å². The molecule has 1 N–H and O–H groups in total. The minimum absolute atomic E-state index is 0.0722. The average molecular weight is 385 g/mol. The zero-order valence-corrected chi connectivity index (χ0v) is 15.3. The first-order valence-electron chi connectivity index (χ1n) is 8.80. The van der Waals surface area contributed by atoms with Gasteiger partial charge in [0.2, 0.25) is 11.7 Å². The number of amides is 1. The Morgan fingerprint density at radius 3 is 2.43 bits per heavy atom. The number of hydrogen-bond acceptors (Lipinski definition) is 6. The van der Waals surface area contributed by atoms with Crippen molar-refractivity contribution in [2.45, 2.75) is 13.5 Å². The molecule has 0 unspecified atom stereocenters. The molecule has 28 heavy (non-hydrogen) atoms. The molecule has 2 aromatic carbocycles. The van der Waals surface area contributed by atoms with E-state index in [1.54, 1.807) is 12.1 Å². The van der Waals surface area contributed by atoms with Crippen molar-refractivity contribution in [2.75, 3.05) is 19.8 Å². The van der Waals surface area contributed by atoms with Gasteiger partial charge < -0.3 is 14.8 Å². The van der Waals surface area contributed by atoms with E-state index in [1.807, 2.05) is 31.2 Å². The standard InChI is InChI=1S/C19H20FN5O3/c1-2-27-16-7-9-17(10-8-16)28-12-11-21-18(26)13-25-23-19(22-24-25)14-3-5-15(20)6-4-14/h3-10H,2,11-13H2,1H3,(H,21,26). The number of hydrogen-bond donors (Lipinski definition) is 1. The molecule has 0 aliphatic heterocycles. The Bertz CT molecular complexity index is 897. The summed E-state index contributed by atoms with van der Waals surface area (Å²) in [6, 6.07) is 13.0. The van der Waals surface area contributed by atoms with E-state index in [1.165, 1.54) is 16.9 Å². The van der Waals surface area contributed by atoms with Gasteiger partial charge >= 0.3 is 0 Å². The van der Waals surface area contributed by atoms with Crippen molar-refractivity contribution in [3.8, 4) is 22.9 Å². The molecule has 3 rings (SSSR count). The Kier molecular flexibility index (Phi) is 6.50. The van der Waals surface area contributed by atoms with Crippen molar-refractivity contribution < 1.29 is 18.7 Å². The first-order valence-corrected chi connectivity index (χ1v) is 8.80. The Hall–Kier alpha value is -3.49. The lowest BCUT2D eigenvalue weighted by Gasteiger charge is -2.08. The van der Waals surface area contributed by atoms with Crippen LogP contribution in [0.4, 0.5) is 4.39 Å². The van der Waals surface area contributed by atoms with E-state index in [-0.39, 0.29) is 18.3 Å². The fourth-order valence-corrected chi connectivity index (χ4v) is 2.37. The Morgan fingerprint density at radius 2 is 1.75 bits per heavy atom. The van der Waals surface area contributed by atoms with E-state index in [0.29, 0.717) is 36.9 Å². The number of nitrogens with zero attached hydrogens (tertiary/aromatic N) is 4. The molecule has 0 saturated carbocycles. The van der Waals surface area contributed by atoms with Crippen LogP contribution in [0.3, 0.4) is 0 Å². The summed E-state index contributed by atoms with van der Waals surface area (Å²) in [5, 5.41) is 14.5. The van der Waals surface area contributed by atoms with E-state index in [0.717, 1.165) is 5.75 Å². The van der Waals surface area contributed by atoms with Crippen molar-refractivity contribution in [1.82, 2.24) is 25.5 Å². The van der Waals surface area contributed by atoms with Gasteiger partial charge in [0.1, 0.15) is 30.5 Å². The lowest BCUT2D eigenvalue weighted by atomic mass is 10.2. The number of aromatic nitrogens is 4. The van der Waals surface area contributed by atoms with Crippen LogP contribution in [-0.2, 0) is 11.3 Å². The summed E-state index contributed by atoms with van der Waals surface area (Å²) in [6.45, 7) is 3.12. The second-order valence-electron chi connectivity index (χ2n) is 5.75. The van der Waals surface area contributed by atoms with Gasteiger partial charge in [-0.3, -0.25) is 4.79 Å². The van der Waals surface area contributed by atoms with Crippen molar-refractivity contribution in [3.63, 3.8) is 0 Å². The highest BCUT2D eigenvalue weighted by Gasteiger charge is 2.09. The number of halogens is 1. The highest BCUT2D eigenvalue weighted by atomic mass is 19.1. The molecule has 1 aromatic heterocycles. The lowest BCUT2D eigenvalue weighted by Crippen LogP contribution is -2.31. The summed E-state index contributed by atoms with van der Waals surface area (Å²) in [5.41, 5.74) is 0.622. The monoisotopic (exact) mass is 385 g/mol. The molecule has 146 valence electrons. The summed E-state index contributed by atoms with van der Waals surface area (Å²) < 4.78 is 23.9. The molecular weight excluding hydrogens is 365 g/mol. The molecular formula is C19H20FN5O3. The molecule has 0 radical (unpaired) electrons. The fourth-order valence-electron chi connectivity index (χ4n) is 2.37. The van der Waals surface area contributed by atoms with E-state index in [9.17, 15) is 9.18 Å². The normalized spacial score (nSPS) is 10.5. The maximum atomic E-state index is 13.0. The molecule has 0 atom stereocenters. The van der Waals surface area contributed by atoms with Gasteiger partial charge in [-0.15, -0.1) is 10.2 Å². The van der Waals surface area contributed by atoms with Crippen molar-refractivity contribution in [2.24, 2.45) is 0 Å². The van der Waals surface area contributed by atoms with Crippen LogP contribution in [0.5, 0.6) is 11.5 Å². The van der Waals surface area contributed by atoms with E-state index in [2.05, 4.69) is 20.7 Å². The Balaban J connectivity index is 1.40. The van der Waals surface area contributed by atoms with Gasteiger partial charge in [-0.1, -0.05) is 0 Å². The molecule has 8 nitrogen and oxygen atoms in total. The van der Waals surface area contributed by atoms with E-state index < -0.39 is 0 Å². The second-order valence-corrected chi connectivity index (χ2v) is 5.75. The summed E-state index contributed by atoms with van der Waals surface area (Å²) in [4.78, 5) is 13.2. The minimum Gasteiger partial charge on any atom is -0.494 e. The van der Waals surface area contributed by atoms with Crippen LogP contribution in [0.25, 0.3) is 11.4 Å². The number of nitrogens with one attached hydrogen (secondary N) is 1. The molecule has 0 spiro atoms. The van der Waals surface area contributed by atoms with Gasteiger partial charge in [-0.25, -0.2) is 4.39 Å². The van der Waals surface area contributed by atoms with Crippen LogP contribution in [0.2, 0.25) is 0 Å². The largest absolute Gasteiger partial charge is 0.494 e. The number of tetrazole rings is 1. The van der Waals surface area contributed by atoms with Crippen LogP contribution >= 0.6 is 0 Å². The molecule has 9 heteroatoms. The number of benzene rings is 2. The highest BCUT2D eigenvalue weighted by Crippen LogP contribution is 2.17. The quantitative estimate of drug-likeness (QED) is 0.567. The first kappa shape index (κ1) is 19.3. The number of carbonyl (C=O) groups excluding carboxylic acids is 1. The lowest BCUT2D eigenvalue weighted by molar-refractivity contribution is -0.122. The number of carbonyl (C=O) groups is 1. The van der Waals surface area contributed by atoms with Gasteiger partial charge in [-0.2, -0.15) is 4.80 Å². The molecule has 0 fully saturated rings. The van der Waals surface area contributed by atoms with Gasteiger partial charge in [-0.05, 0) is 60.7 Å². The third kappa shape index (κ3) is 5.50. The molecule has 0 saturated heterocycles. The predicted molar refractivity (Wildman–Crippen MR) is 99.3 cm³/mol. The molecule has 0 bridgehead atoms. The summed E-state index contributed by atoms with van der Waals surface area (Å²) in [7, 11) is 0. The van der Waals surface area contributed by atoms with Gasteiger partial charge in [0.05, 0.1) is 13.2 Å². The minimum atomic E-state index is -0.344. The summed E-state index contributed by atoms with van der Waals surface area (Å²) in [5.74, 6) is 1.19. The fraction of sp³-hybridized carbons (Fsp3) is 0.263. The zero-order chi connectivity index (χ0) is 19.8. The molecule has 3 aromatic rings. The third-order valence-corrected chi connectivity index (χ3v) is 3.67. The van der Waals surface area contributed by atoms with Crippen molar-refractivity contribution >= 4 is 5.91 Å². The van der Waals surface area contributed by atoms with Crippen LogP contribution in [0.15, 0.2) is 48.5 Å². The highest BCUT2D eigenvalue weighted by molar-refractivity contribution is 5.75. The average Bonchev–Trinajstić information content (AvgIpc) is 3.15. The summed E-state index contributed by atoms with van der Waals surface area (Å²) >= 11 is 0. The predicted octanol–water partition coefficient (Wildman–Crippen LogP) is 2.07. The first-order chi connectivity index (χ1) is 13.6. The van der Waals surface area contributed by atoms with Gasteiger partial charge in [0.25, 0.3) is 0 Å². The molecule has 1 amide bonds. The second kappa shape index (κ2) is 9.45. The van der Waals surface area contributed by atoms with Crippen LogP contribution in [-0.4, -0.2) is 45.9 Å². The Morgan fingerprint density at radius 1 is 1.07 bits per heavy atom. The number of ether oxygens (including phenoxy) is 2. The topological polar surface area (TPSA) is 91.2 Å². The SMILES string of the molecule is CCOc1ccc(OCCNC(=O)Cn2nnc(-c3ccc(F)cc3)n2)cc1. The maximum Gasteiger partial charge on any atom is 0.243 e. The van der Waals surface area contributed by atoms with Crippen molar-refractivity contribution in [1.29, 1.82) is 0 Å². The maximum absolute atomic E-state index is 13.0. The van der Waals surface area contributed by atoms with Crippen LogP contribution < -0.4 is 14.8 Å². The van der Waals surface area contributed by atoms with Gasteiger partial charge in [0.15, 0.2) is 0 Å². The summed E-state index contributed by atoms with van der Waals surface area (Å²) in [6.07, 6.45) is 0. The molecule has 0 aliphatic rings. The Labute approximate surface area is 161 Å². The zero-order valence-electron chi connectivity index (χ0n) is 15.3. The number of rotatable bonds is 9. The van der Waals surface area contributed by atoms with Crippen molar-refractivity contribution in [3.05, 3.63) is 54.3 Å². The van der Waals surface area contributed by atoms with Crippen LogP contribution in [0.1, 0.15) is 6.92 Å².